The van der Waals surface area contributed by atoms with Crippen LogP contribution < -0.4 is 4.74 Å². The van der Waals surface area contributed by atoms with Gasteiger partial charge in [-0.05, 0) is 36.4 Å². The minimum absolute atomic E-state index is 0.0259. The lowest BCUT2D eigenvalue weighted by Crippen LogP contribution is -2.48. The molecule has 128 valence electrons. The molecule has 2 aromatic rings. The Morgan fingerprint density at radius 3 is 2.67 bits per heavy atom. The number of furan rings is 1. The zero-order chi connectivity index (χ0) is 17.2. The molecule has 1 aliphatic heterocycles. The van der Waals surface area contributed by atoms with Crippen LogP contribution in [0.2, 0.25) is 0 Å². The Balaban J connectivity index is 1.76. The molecule has 2 heterocycles. The average Bonchev–Trinajstić information content (AvgIpc) is 3.16. The van der Waals surface area contributed by atoms with Crippen LogP contribution in [0, 0.1) is 0 Å². The fourth-order valence-electron chi connectivity index (χ4n) is 2.60. The van der Waals surface area contributed by atoms with E-state index in [2.05, 4.69) is 0 Å². The summed E-state index contributed by atoms with van der Waals surface area (Å²) in [7, 11) is 1.45. The number of methoxy groups -OCH3 is 1. The van der Waals surface area contributed by atoms with Crippen molar-refractivity contribution in [3.05, 3.63) is 54.0 Å². The number of hydrogen-bond acceptors (Lipinski definition) is 4. The molecule has 1 saturated heterocycles. The number of amides is 1. The second-order valence-corrected chi connectivity index (χ2v) is 5.43. The van der Waals surface area contributed by atoms with Gasteiger partial charge in [0.15, 0.2) is 0 Å². The van der Waals surface area contributed by atoms with Gasteiger partial charge in [-0.25, -0.2) is 0 Å². The summed E-state index contributed by atoms with van der Waals surface area (Å²) in [5.74, 6) is -3.89. The van der Waals surface area contributed by atoms with Gasteiger partial charge in [0.25, 0.3) is 5.91 Å². The topological polar surface area (TPSA) is 51.9 Å². The molecule has 0 saturated carbocycles. The van der Waals surface area contributed by atoms with E-state index in [0.717, 1.165) is 4.90 Å². The fraction of sp³-hybridized carbons (Fsp3) is 0.353. The number of morpholine rings is 1. The third-order valence-electron chi connectivity index (χ3n) is 3.94. The lowest BCUT2D eigenvalue weighted by molar-refractivity contribution is -0.166. The highest BCUT2D eigenvalue weighted by atomic mass is 19.3. The molecular weight excluding hydrogens is 320 g/mol. The van der Waals surface area contributed by atoms with Crippen molar-refractivity contribution in [2.75, 3.05) is 26.8 Å². The SMILES string of the molecule is COc1ccc(C(F)(F)C(=O)N2CCOC(c3ccco3)C2)cc1. The van der Waals surface area contributed by atoms with E-state index in [1.165, 1.54) is 37.6 Å². The molecule has 0 aliphatic carbocycles. The Bertz CT molecular complexity index is 685. The first kappa shape index (κ1) is 16.4. The van der Waals surface area contributed by atoms with Gasteiger partial charge in [0, 0.05) is 12.1 Å². The summed E-state index contributed by atoms with van der Waals surface area (Å²) >= 11 is 0. The van der Waals surface area contributed by atoms with Gasteiger partial charge in [-0.1, -0.05) is 0 Å². The molecule has 0 bridgehead atoms. The van der Waals surface area contributed by atoms with Gasteiger partial charge in [-0.3, -0.25) is 4.79 Å². The molecular formula is C17H17F2NO4. The van der Waals surface area contributed by atoms with Gasteiger partial charge in [-0.15, -0.1) is 0 Å². The summed E-state index contributed by atoms with van der Waals surface area (Å²) in [6.45, 7) is 0.315. The van der Waals surface area contributed by atoms with Crippen LogP contribution in [-0.4, -0.2) is 37.6 Å². The van der Waals surface area contributed by atoms with Crippen molar-refractivity contribution in [2.24, 2.45) is 0 Å². The van der Waals surface area contributed by atoms with Crippen molar-refractivity contribution in [3.8, 4) is 5.75 Å². The van der Waals surface area contributed by atoms with E-state index in [1.54, 1.807) is 12.1 Å². The Morgan fingerprint density at radius 1 is 1.29 bits per heavy atom. The van der Waals surface area contributed by atoms with Crippen molar-refractivity contribution >= 4 is 5.91 Å². The Kier molecular flexibility index (Phi) is 4.53. The molecule has 1 fully saturated rings. The molecule has 1 amide bonds. The van der Waals surface area contributed by atoms with E-state index in [-0.39, 0.29) is 25.3 Å². The Hall–Kier alpha value is -2.41. The van der Waals surface area contributed by atoms with Gasteiger partial charge in [0.05, 0.1) is 26.5 Å². The standard InChI is InChI=1S/C17H17F2NO4/c1-22-13-6-4-12(5-7-13)17(18,19)16(21)20-8-10-24-15(11-20)14-3-2-9-23-14/h2-7,9,15H,8,10-11H2,1H3. The molecule has 0 N–H and O–H groups in total. The lowest BCUT2D eigenvalue weighted by atomic mass is 10.1. The molecule has 3 rings (SSSR count). The molecule has 1 unspecified atom stereocenters. The number of halogens is 2. The van der Waals surface area contributed by atoms with Gasteiger partial charge in [-0.2, -0.15) is 8.78 Å². The second kappa shape index (κ2) is 6.60. The second-order valence-electron chi connectivity index (χ2n) is 5.43. The Labute approximate surface area is 137 Å². The number of nitrogens with zero attached hydrogens (tertiary/aromatic N) is 1. The van der Waals surface area contributed by atoms with E-state index in [0.29, 0.717) is 11.5 Å². The van der Waals surface area contributed by atoms with E-state index in [9.17, 15) is 13.6 Å². The first-order valence-electron chi connectivity index (χ1n) is 7.49. The van der Waals surface area contributed by atoms with Gasteiger partial charge >= 0.3 is 5.92 Å². The minimum atomic E-state index is -3.61. The van der Waals surface area contributed by atoms with Crippen LogP contribution in [0.3, 0.4) is 0 Å². The smallest absolute Gasteiger partial charge is 0.349 e. The highest BCUT2D eigenvalue weighted by Crippen LogP contribution is 2.33. The fourth-order valence-corrected chi connectivity index (χ4v) is 2.60. The number of hydrogen-bond donors (Lipinski definition) is 0. The maximum atomic E-state index is 14.5. The Morgan fingerprint density at radius 2 is 2.04 bits per heavy atom. The molecule has 1 aliphatic rings. The monoisotopic (exact) mass is 337 g/mol. The van der Waals surface area contributed by atoms with Crippen LogP contribution in [0.1, 0.15) is 17.4 Å². The summed E-state index contributed by atoms with van der Waals surface area (Å²) in [4.78, 5) is 13.5. The van der Waals surface area contributed by atoms with Crippen molar-refractivity contribution in [1.29, 1.82) is 0 Å². The molecule has 1 atom stereocenters. The molecule has 7 heteroatoms. The number of benzene rings is 1. The van der Waals surface area contributed by atoms with Crippen LogP contribution in [0.4, 0.5) is 8.78 Å². The zero-order valence-electron chi connectivity index (χ0n) is 13.1. The molecule has 1 aromatic heterocycles. The van der Waals surface area contributed by atoms with Gasteiger partial charge < -0.3 is 18.8 Å². The highest BCUT2D eigenvalue weighted by Gasteiger charge is 2.45. The predicted octanol–water partition coefficient (Wildman–Crippen LogP) is 2.98. The molecule has 24 heavy (non-hydrogen) atoms. The minimum Gasteiger partial charge on any atom is -0.497 e. The largest absolute Gasteiger partial charge is 0.497 e. The summed E-state index contributed by atoms with van der Waals surface area (Å²) in [5.41, 5.74) is -0.366. The van der Waals surface area contributed by atoms with Crippen LogP contribution in [0.15, 0.2) is 47.1 Å². The normalized spacial score (nSPS) is 18.5. The van der Waals surface area contributed by atoms with E-state index >= 15 is 0 Å². The van der Waals surface area contributed by atoms with Crippen LogP contribution >= 0.6 is 0 Å². The third-order valence-corrected chi connectivity index (χ3v) is 3.94. The van der Waals surface area contributed by atoms with E-state index in [1.807, 2.05) is 0 Å². The van der Waals surface area contributed by atoms with E-state index in [4.69, 9.17) is 13.9 Å². The molecule has 1 aromatic carbocycles. The van der Waals surface area contributed by atoms with Crippen molar-refractivity contribution in [2.45, 2.75) is 12.0 Å². The average molecular weight is 337 g/mol. The predicted molar refractivity (Wildman–Crippen MR) is 80.9 cm³/mol. The number of ether oxygens (including phenoxy) is 2. The number of carbonyl (C=O) groups excluding carboxylic acids is 1. The quantitative estimate of drug-likeness (QED) is 0.861. The van der Waals surface area contributed by atoms with Crippen LogP contribution in [0.25, 0.3) is 0 Å². The van der Waals surface area contributed by atoms with Crippen molar-refractivity contribution in [1.82, 2.24) is 4.90 Å². The summed E-state index contributed by atoms with van der Waals surface area (Å²) in [6.07, 6.45) is 0.940. The lowest BCUT2D eigenvalue weighted by Gasteiger charge is -2.34. The number of rotatable bonds is 4. The van der Waals surface area contributed by atoms with Gasteiger partial charge in [0.1, 0.15) is 17.6 Å². The first-order valence-corrected chi connectivity index (χ1v) is 7.49. The molecule has 0 radical (unpaired) electrons. The number of alkyl halides is 2. The summed E-state index contributed by atoms with van der Waals surface area (Å²) < 4.78 is 44.8. The first-order chi connectivity index (χ1) is 11.5. The number of carbonyl (C=O) groups is 1. The summed E-state index contributed by atoms with van der Waals surface area (Å²) in [5, 5.41) is 0. The highest BCUT2D eigenvalue weighted by molar-refractivity contribution is 5.85. The van der Waals surface area contributed by atoms with E-state index < -0.39 is 17.9 Å². The summed E-state index contributed by atoms with van der Waals surface area (Å²) in [6, 6.07) is 8.58. The maximum absolute atomic E-state index is 14.5. The van der Waals surface area contributed by atoms with Crippen molar-refractivity contribution in [3.63, 3.8) is 0 Å². The zero-order valence-corrected chi connectivity index (χ0v) is 13.1. The molecule has 0 spiro atoms. The maximum Gasteiger partial charge on any atom is 0.349 e. The van der Waals surface area contributed by atoms with Gasteiger partial charge in [0.2, 0.25) is 0 Å². The van der Waals surface area contributed by atoms with Crippen LogP contribution in [-0.2, 0) is 15.5 Å². The van der Waals surface area contributed by atoms with Crippen LogP contribution in [0.5, 0.6) is 5.75 Å². The molecule has 5 nitrogen and oxygen atoms in total. The van der Waals surface area contributed by atoms with Crippen molar-refractivity contribution < 1.29 is 27.5 Å². The third kappa shape index (κ3) is 3.12.